The van der Waals surface area contributed by atoms with Crippen LogP contribution in [0.3, 0.4) is 0 Å². The van der Waals surface area contributed by atoms with Crippen LogP contribution in [0.5, 0.6) is 5.75 Å². The number of nitrogens with one attached hydrogen (secondary N) is 1. The van der Waals surface area contributed by atoms with Crippen molar-refractivity contribution in [2.45, 2.75) is 20.4 Å². The SMILES string of the molecule is CCN(CC(=O)Nc1cccc(OC)c1)Cc1noc(-c2ccc(F)cc2)c1C. The Labute approximate surface area is 169 Å². The van der Waals surface area contributed by atoms with Gasteiger partial charge in [0.15, 0.2) is 5.76 Å². The lowest BCUT2D eigenvalue weighted by molar-refractivity contribution is -0.117. The molecule has 1 N–H and O–H groups in total. The van der Waals surface area contributed by atoms with E-state index >= 15 is 0 Å². The van der Waals surface area contributed by atoms with E-state index in [-0.39, 0.29) is 18.3 Å². The van der Waals surface area contributed by atoms with Gasteiger partial charge in [0.2, 0.25) is 5.91 Å². The number of ether oxygens (including phenoxy) is 1. The predicted molar refractivity (Wildman–Crippen MR) is 109 cm³/mol. The molecule has 0 aliphatic heterocycles. The summed E-state index contributed by atoms with van der Waals surface area (Å²) in [6.07, 6.45) is 0. The van der Waals surface area contributed by atoms with E-state index in [2.05, 4.69) is 10.5 Å². The molecule has 7 heteroatoms. The third kappa shape index (κ3) is 5.20. The van der Waals surface area contributed by atoms with E-state index < -0.39 is 0 Å². The molecule has 0 atom stereocenters. The first-order valence-corrected chi connectivity index (χ1v) is 9.37. The average molecular weight is 397 g/mol. The van der Waals surface area contributed by atoms with Crippen LogP contribution in [0, 0.1) is 12.7 Å². The number of carbonyl (C=O) groups is 1. The number of methoxy groups -OCH3 is 1. The highest BCUT2D eigenvalue weighted by atomic mass is 19.1. The summed E-state index contributed by atoms with van der Waals surface area (Å²) in [6.45, 7) is 5.25. The van der Waals surface area contributed by atoms with Crippen molar-refractivity contribution in [3.05, 3.63) is 65.6 Å². The van der Waals surface area contributed by atoms with Gasteiger partial charge in [-0.1, -0.05) is 18.1 Å². The van der Waals surface area contributed by atoms with E-state index in [0.29, 0.717) is 30.3 Å². The largest absolute Gasteiger partial charge is 0.497 e. The van der Waals surface area contributed by atoms with E-state index in [1.165, 1.54) is 12.1 Å². The molecule has 0 aliphatic rings. The summed E-state index contributed by atoms with van der Waals surface area (Å²) in [4.78, 5) is 14.4. The zero-order chi connectivity index (χ0) is 20.8. The second-order valence-electron chi connectivity index (χ2n) is 6.67. The number of hydrogen-bond donors (Lipinski definition) is 1. The zero-order valence-corrected chi connectivity index (χ0v) is 16.7. The number of hydrogen-bond acceptors (Lipinski definition) is 5. The molecule has 29 heavy (non-hydrogen) atoms. The minimum atomic E-state index is -0.301. The molecule has 3 aromatic rings. The Morgan fingerprint density at radius 2 is 2.00 bits per heavy atom. The maximum atomic E-state index is 13.1. The van der Waals surface area contributed by atoms with Crippen molar-refractivity contribution in [3.63, 3.8) is 0 Å². The number of halogens is 1. The van der Waals surface area contributed by atoms with E-state index in [1.54, 1.807) is 25.3 Å². The Hall–Kier alpha value is -3.19. The average Bonchev–Trinajstić information content (AvgIpc) is 3.08. The fourth-order valence-electron chi connectivity index (χ4n) is 2.98. The van der Waals surface area contributed by atoms with Crippen molar-refractivity contribution in [2.75, 3.05) is 25.5 Å². The molecule has 0 bridgehead atoms. The van der Waals surface area contributed by atoms with Crippen LogP contribution in [0.15, 0.2) is 53.1 Å². The number of amides is 1. The number of anilines is 1. The van der Waals surface area contributed by atoms with Crippen LogP contribution in [-0.4, -0.2) is 36.2 Å². The van der Waals surface area contributed by atoms with Gasteiger partial charge in [0.05, 0.1) is 13.7 Å². The summed E-state index contributed by atoms with van der Waals surface area (Å²) < 4.78 is 23.8. The van der Waals surface area contributed by atoms with Crippen LogP contribution in [-0.2, 0) is 11.3 Å². The van der Waals surface area contributed by atoms with Gasteiger partial charge in [0, 0.05) is 29.4 Å². The molecule has 1 heterocycles. The molecule has 0 fully saturated rings. The van der Waals surface area contributed by atoms with Crippen LogP contribution in [0.1, 0.15) is 18.2 Å². The summed E-state index contributed by atoms with van der Waals surface area (Å²) in [7, 11) is 1.58. The number of likely N-dealkylation sites (N-methyl/N-ethyl adjacent to an activating group) is 1. The van der Waals surface area contributed by atoms with Crippen LogP contribution >= 0.6 is 0 Å². The summed E-state index contributed by atoms with van der Waals surface area (Å²) in [5.74, 6) is 0.865. The van der Waals surface area contributed by atoms with Gasteiger partial charge in [-0.3, -0.25) is 9.69 Å². The Balaban J connectivity index is 1.65. The van der Waals surface area contributed by atoms with E-state index in [0.717, 1.165) is 16.8 Å². The van der Waals surface area contributed by atoms with Gasteiger partial charge in [-0.2, -0.15) is 0 Å². The first-order chi connectivity index (χ1) is 14.0. The van der Waals surface area contributed by atoms with Gasteiger partial charge < -0.3 is 14.6 Å². The fraction of sp³-hybridized carbons (Fsp3) is 0.273. The third-order valence-electron chi connectivity index (χ3n) is 4.67. The second-order valence-corrected chi connectivity index (χ2v) is 6.67. The van der Waals surface area contributed by atoms with Gasteiger partial charge in [0.1, 0.15) is 17.3 Å². The van der Waals surface area contributed by atoms with Crippen LogP contribution < -0.4 is 10.1 Å². The predicted octanol–water partition coefficient (Wildman–Crippen LogP) is 4.26. The van der Waals surface area contributed by atoms with E-state index in [4.69, 9.17) is 9.26 Å². The fourth-order valence-corrected chi connectivity index (χ4v) is 2.98. The second kappa shape index (κ2) is 9.34. The topological polar surface area (TPSA) is 67.6 Å². The Kier molecular flexibility index (Phi) is 6.61. The van der Waals surface area contributed by atoms with Gasteiger partial charge in [-0.15, -0.1) is 0 Å². The number of benzene rings is 2. The standard InChI is InChI=1S/C22H24FN3O3/c1-4-26(14-21(27)24-18-6-5-7-19(12-18)28-3)13-20-15(2)22(29-25-20)16-8-10-17(23)11-9-16/h5-12H,4,13-14H2,1-3H3,(H,24,27). The molecule has 2 aromatic carbocycles. The highest BCUT2D eigenvalue weighted by Gasteiger charge is 2.18. The molecule has 0 radical (unpaired) electrons. The first kappa shape index (κ1) is 20.5. The maximum absolute atomic E-state index is 13.1. The lowest BCUT2D eigenvalue weighted by atomic mass is 10.1. The molecule has 1 amide bonds. The van der Waals surface area contributed by atoms with Crippen LogP contribution in [0.25, 0.3) is 11.3 Å². The molecule has 0 spiro atoms. The number of nitrogens with zero attached hydrogens (tertiary/aromatic N) is 2. The van der Waals surface area contributed by atoms with Crippen LogP contribution in [0.2, 0.25) is 0 Å². The number of aromatic nitrogens is 1. The number of rotatable bonds is 8. The molecule has 3 rings (SSSR count). The lowest BCUT2D eigenvalue weighted by Crippen LogP contribution is -2.33. The van der Waals surface area contributed by atoms with Gasteiger partial charge >= 0.3 is 0 Å². The molecule has 0 saturated heterocycles. The molecule has 6 nitrogen and oxygen atoms in total. The molecule has 152 valence electrons. The molecule has 0 aliphatic carbocycles. The van der Waals surface area contributed by atoms with Crippen molar-refractivity contribution < 1.29 is 18.4 Å². The minimum absolute atomic E-state index is 0.125. The van der Waals surface area contributed by atoms with E-state index in [1.807, 2.05) is 36.9 Å². The third-order valence-corrected chi connectivity index (χ3v) is 4.67. The molecular formula is C22H24FN3O3. The van der Waals surface area contributed by atoms with Crippen LogP contribution in [0.4, 0.5) is 10.1 Å². The number of carbonyl (C=O) groups excluding carboxylic acids is 1. The normalized spacial score (nSPS) is 10.9. The van der Waals surface area contributed by atoms with Crippen molar-refractivity contribution in [1.29, 1.82) is 0 Å². The molecule has 0 unspecified atom stereocenters. The summed E-state index contributed by atoms with van der Waals surface area (Å²) in [5.41, 5.74) is 3.08. The lowest BCUT2D eigenvalue weighted by Gasteiger charge is -2.19. The van der Waals surface area contributed by atoms with Crippen molar-refractivity contribution in [3.8, 4) is 17.1 Å². The van der Waals surface area contributed by atoms with Crippen molar-refractivity contribution in [1.82, 2.24) is 10.1 Å². The summed E-state index contributed by atoms with van der Waals surface area (Å²) in [6, 6.07) is 13.3. The van der Waals surface area contributed by atoms with Crippen molar-refractivity contribution >= 4 is 11.6 Å². The van der Waals surface area contributed by atoms with Gasteiger partial charge in [0.25, 0.3) is 0 Å². The highest BCUT2D eigenvalue weighted by Crippen LogP contribution is 2.26. The minimum Gasteiger partial charge on any atom is -0.497 e. The quantitative estimate of drug-likeness (QED) is 0.615. The first-order valence-electron chi connectivity index (χ1n) is 9.37. The van der Waals surface area contributed by atoms with Gasteiger partial charge in [-0.05, 0) is 49.9 Å². The molecule has 0 saturated carbocycles. The Morgan fingerprint density at radius 1 is 1.24 bits per heavy atom. The van der Waals surface area contributed by atoms with Gasteiger partial charge in [-0.25, -0.2) is 4.39 Å². The summed E-state index contributed by atoms with van der Waals surface area (Å²) >= 11 is 0. The van der Waals surface area contributed by atoms with E-state index in [9.17, 15) is 9.18 Å². The zero-order valence-electron chi connectivity index (χ0n) is 16.7. The Morgan fingerprint density at radius 3 is 2.69 bits per heavy atom. The monoisotopic (exact) mass is 397 g/mol. The van der Waals surface area contributed by atoms with Crippen molar-refractivity contribution in [2.24, 2.45) is 0 Å². The maximum Gasteiger partial charge on any atom is 0.238 e. The Bertz CT molecular complexity index is 970. The summed E-state index contributed by atoms with van der Waals surface area (Å²) in [5, 5.41) is 7.04. The highest BCUT2D eigenvalue weighted by molar-refractivity contribution is 5.92. The smallest absolute Gasteiger partial charge is 0.238 e. The molecular weight excluding hydrogens is 373 g/mol. The molecule has 1 aromatic heterocycles.